The van der Waals surface area contributed by atoms with Crippen LogP contribution in [0.5, 0.6) is 0 Å². The van der Waals surface area contributed by atoms with Crippen LogP contribution in [0.25, 0.3) is 0 Å². The molecule has 0 unspecified atom stereocenters. The van der Waals surface area contributed by atoms with E-state index in [0.29, 0.717) is 125 Å². The minimum Gasteiger partial charge on any atom is -0.369 e. The number of ketones is 7. The standard InChI is InChI=1S/C41H75N9O9.C23H37N5O8.C13H14N2O8/c1-4-32(41(59)48-22-10-7-15-37(40(43)58)49-24-31(3)52)12-5-9-21-46-29-47-27-36(55)28-50-38(56)16-11-14-34(53)19-23-45-26-35(54)25-44-20-8-6-13-33(39(42)57)18-17-30(2)51;1-16(29)8-9-17(23(24)35)5-2-3-12-25-15-26-13-18(30)14-27-19(31)6-4-7-22(34)36-28-20(32)10-11-21(28)33;16-8-4-5-9(17)14(8)22-12(20)2-1-3-13(21)23-15-10(18)6-7-11(15)19/h32-33,37,44-47,49H,4-29H2,1-3H3,(H2,42,57)(H2,43,58)(H,48,59)(H,50,56);17,25-26H,2-15H2,1H3,(H2,24,35)(H,27,31);1-7H2/t32-,33-,37+;17-;/m11./s1. The molecule has 16 N–H and O–H groups in total. The van der Waals surface area contributed by atoms with Crippen molar-refractivity contribution in [3.63, 3.8) is 0 Å². The number of amides is 12. The summed E-state index contributed by atoms with van der Waals surface area (Å²) in [7, 11) is 0. The number of unbranched alkanes of at least 4 members (excludes halogenated alkanes) is 4. The maximum atomic E-state index is 12.6. The van der Waals surface area contributed by atoms with Crippen LogP contribution < -0.4 is 70.4 Å². The zero-order valence-corrected chi connectivity index (χ0v) is 68.8. The highest BCUT2D eigenvalue weighted by Gasteiger charge is 2.36. The first kappa shape index (κ1) is 106. The topological polar surface area (TPSA) is 611 Å². The molecule has 3 heterocycles. The molecule has 41 heteroatoms. The molecule has 0 radical (unpaired) electrons. The summed E-state index contributed by atoms with van der Waals surface area (Å²) >= 11 is 0. The molecule has 0 aromatic heterocycles. The Morgan fingerprint density at radius 3 is 1.05 bits per heavy atom. The monoisotopic (exact) mass is 1670 g/mol. The second-order valence-electron chi connectivity index (χ2n) is 28.8. The van der Waals surface area contributed by atoms with Crippen LogP contribution in [0.1, 0.15) is 240 Å². The second-order valence-corrected chi connectivity index (χ2v) is 28.8. The number of hydrogen-bond donors (Lipinski definition) is 13. The van der Waals surface area contributed by atoms with Crippen LogP contribution in [0.15, 0.2) is 0 Å². The number of imide groups is 3. The van der Waals surface area contributed by atoms with Gasteiger partial charge < -0.3 is 78.5 Å². The highest BCUT2D eigenvalue weighted by molar-refractivity contribution is 6.03. The van der Waals surface area contributed by atoms with Gasteiger partial charge in [-0.25, -0.2) is 14.4 Å². The van der Waals surface area contributed by atoms with Crippen molar-refractivity contribution in [2.24, 2.45) is 35.0 Å². The van der Waals surface area contributed by atoms with Gasteiger partial charge in [0, 0.05) is 140 Å². The van der Waals surface area contributed by atoms with Crippen LogP contribution in [0.2, 0.25) is 0 Å². The van der Waals surface area contributed by atoms with Crippen LogP contribution in [0.4, 0.5) is 0 Å². The molecule has 0 saturated carbocycles. The van der Waals surface area contributed by atoms with Crippen molar-refractivity contribution in [3.8, 4) is 0 Å². The number of carbonyl (C=O) groups is 22. The average molecular weight is 1680 g/mol. The number of hydroxylamine groups is 6. The van der Waals surface area contributed by atoms with E-state index in [1.165, 1.54) is 20.8 Å². The Balaban J connectivity index is 0.000000988. The van der Waals surface area contributed by atoms with Crippen LogP contribution in [-0.4, -0.2) is 242 Å². The normalized spacial score (nSPS) is 14.1. The third-order valence-corrected chi connectivity index (χ3v) is 18.3. The number of nitrogens with two attached hydrogens (primary N) is 3. The Morgan fingerprint density at radius 2 is 0.669 bits per heavy atom. The molecule has 41 nitrogen and oxygen atoms in total. The van der Waals surface area contributed by atoms with E-state index < -0.39 is 77.1 Å². The van der Waals surface area contributed by atoms with Gasteiger partial charge in [0.1, 0.15) is 23.1 Å². The molecule has 0 aliphatic carbocycles. The Bertz CT molecular complexity index is 3260. The number of nitrogens with zero attached hydrogens (tertiary/aromatic N) is 3. The summed E-state index contributed by atoms with van der Waals surface area (Å²) in [5.74, 6) is -9.01. The lowest BCUT2D eigenvalue weighted by Crippen LogP contribution is -2.43. The Labute approximate surface area is 687 Å². The van der Waals surface area contributed by atoms with Gasteiger partial charge in [-0.3, -0.25) is 97.5 Å². The van der Waals surface area contributed by atoms with E-state index in [2.05, 4.69) is 62.8 Å². The van der Waals surface area contributed by atoms with Gasteiger partial charge >= 0.3 is 17.9 Å². The molecule has 3 aliphatic heterocycles. The van der Waals surface area contributed by atoms with E-state index in [0.717, 1.165) is 51.4 Å². The Kier molecular flexibility index (Phi) is 57.6. The maximum Gasteiger partial charge on any atom is 0.333 e. The van der Waals surface area contributed by atoms with Crippen LogP contribution in [0.3, 0.4) is 0 Å². The fraction of sp³-hybridized carbons (Fsp3) is 0.714. The quantitative estimate of drug-likeness (QED) is 0.0186. The first-order valence-electron chi connectivity index (χ1n) is 40.6. The second kappa shape index (κ2) is 64.1. The fourth-order valence-corrected chi connectivity index (χ4v) is 11.5. The van der Waals surface area contributed by atoms with E-state index in [1.54, 1.807) is 0 Å². The Morgan fingerprint density at radius 1 is 0.322 bits per heavy atom. The van der Waals surface area contributed by atoms with Gasteiger partial charge in [0.25, 0.3) is 35.4 Å². The predicted molar refractivity (Wildman–Crippen MR) is 420 cm³/mol. The van der Waals surface area contributed by atoms with E-state index in [9.17, 15) is 105 Å². The molecule has 118 heavy (non-hydrogen) atoms. The SMILES string of the molecule is CC(=O)CC[C@@H](CCCCNCNCC(=O)CNC(=O)CCCC(=O)ON1C(=O)CCC1=O)C(N)=O.CC[C@H](CCCCNCNCC(=O)CNC(=O)CCCC(=O)CCNCC(=O)CNCCCC[C@H](CCC(C)=O)C(N)=O)C(=O)NCCCC[C@H](NCC(C)=O)C(N)=O.O=C(CCCC(=O)ON1C(=O)CCC1=O)ON1C(=O)CCC1=O. The van der Waals surface area contributed by atoms with Crippen LogP contribution >= 0.6 is 0 Å². The van der Waals surface area contributed by atoms with E-state index in [1.807, 2.05) is 6.92 Å². The van der Waals surface area contributed by atoms with E-state index in [4.69, 9.17) is 22.0 Å². The van der Waals surface area contributed by atoms with Gasteiger partial charge in [-0.15, -0.1) is 15.2 Å². The zero-order valence-electron chi connectivity index (χ0n) is 68.8. The summed E-state index contributed by atoms with van der Waals surface area (Å²) in [4.78, 5) is 269. The van der Waals surface area contributed by atoms with Gasteiger partial charge in [0.2, 0.25) is 35.4 Å². The van der Waals surface area contributed by atoms with Gasteiger partial charge in [0.05, 0.1) is 51.9 Å². The summed E-state index contributed by atoms with van der Waals surface area (Å²) in [5.41, 5.74) is 16.2. The van der Waals surface area contributed by atoms with Crippen molar-refractivity contribution in [3.05, 3.63) is 0 Å². The molecule has 0 aromatic carbocycles. The summed E-state index contributed by atoms with van der Waals surface area (Å²) in [6.45, 7) is 10.4. The van der Waals surface area contributed by atoms with E-state index in [-0.39, 0.29) is 218 Å². The first-order valence-corrected chi connectivity index (χ1v) is 40.6. The Hall–Kier alpha value is -9.94. The molecule has 3 aliphatic rings. The molecule has 0 bridgehead atoms. The number of carbonyl (C=O) groups excluding carboxylic acids is 22. The molecule has 0 spiro atoms. The highest BCUT2D eigenvalue weighted by atomic mass is 16.7. The lowest BCUT2D eigenvalue weighted by atomic mass is 9.95. The molecule has 3 rings (SSSR count). The number of nitrogens with one attached hydrogen (secondary N) is 10. The number of primary amides is 3. The average Bonchev–Trinajstić information content (AvgIpc) is 1.74. The molecule has 664 valence electrons. The third kappa shape index (κ3) is 53.4. The van der Waals surface area contributed by atoms with Crippen molar-refractivity contribution in [2.45, 2.75) is 246 Å². The molecular weight excluding hydrogens is 1550 g/mol. The van der Waals surface area contributed by atoms with Gasteiger partial charge in [-0.2, -0.15) is 0 Å². The van der Waals surface area contributed by atoms with Gasteiger partial charge in [0.15, 0.2) is 17.3 Å². The van der Waals surface area contributed by atoms with Crippen molar-refractivity contribution in [1.82, 2.24) is 68.4 Å². The smallest absolute Gasteiger partial charge is 0.333 e. The number of hydrogen-bond acceptors (Lipinski definition) is 32. The van der Waals surface area contributed by atoms with Crippen molar-refractivity contribution in [2.75, 3.05) is 91.9 Å². The van der Waals surface area contributed by atoms with E-state index >= 15 is 0 Å². The van der Waals surface area contributed by atoms with Crippen molar-refractivity contribution >= 4 is 129 Å². The van der Waals surface area contributed by atoms with Crippen molar-refractivity contribution in [1.29, 1.82) is 0 Å². The lowest BCUT2D eigenvalue weighted by molar-refractivity contribution is -0.199. The zero-order chi connectivity index (χ0) is 88.2. The first-order chi connectivity index (χ1) is 56.1. The number of Topliss-reactive ketones (excluding diaryl/α,β-unsaturated/α-hetero) is 7. The van der Waals surface area contributed by atoms with Crippen LogP contribution in [-0.2, 0) is 120 Å². The molecular formula is C77H126N16O25. The van der Waals surface area contributed by atoms with Crippen molar-refractivity contribution < 1.29 is 120 Å². The molecule has 3 fully saturated rings. The minimum absolute atomic E-state index is 0.00364. The highest BCUT2D eigenvalue weighted by Crippen LogP contribution is 2.20. The van der Waals surface area contributed by atoms with Gasteiger partial charge in [-0.05, 0) is 137 Å². The predicted octanol–water partition coefficient (Wildman–Crippen LogP) is -1.56. The lowest BCUT2D eigenvalue weighted by Gasteiger charge is -2.16. The summed E-state index contributed by atoms with van der Waals surface area (Å²) in [6.07, 6.45) is 11.7. The molecule has 4 atom stereocenters. The third-order valence-electron chi connectivity index (χ3n) is 18.3. The molecule has 0 aromatic rings. The minimum atomic E-state index is -0.838. The van der Waals surface area contributed by atoms with Gasteiger partial charge in [-0.1, -0.05) is 26.2 Å². The number of rotatable bonds is 68. The largest absolute Gasteiger partial charge is 0.369 e. The summed E-state index contributed by atoms with van der Waals surface area (Å²) < 4.78 is 0. The van der Waals surface area contributed by atoms with Crippen LogP contribution in [0, 0.1) is 17.8 Å². The maximum absolute atomic E-state index is 12.6. The molecule has 3 saturated heterocycles. The molecule has 12 amide bonds. The summed E-state index contributed by atoms with van der Waals surface area (Å²) in [6, 6.07) is -0.562. The fourth-order valence-electron chi connectivity index (χ4n) is 11.5. The summed E-state index contributed by atoms with van der Waals surface area (Å²) in [5, 5.41) is 30.5.